The minimum absolute atomic E-state index is 0.152. The number of nitrogens with zero attached hydrogens (tertiary/aromatic N) is 2. The fraction of sp³-hybridized carbons (Fsp3) is 0.174. The van der Waals surface area contributed by atoms with Gasteiger partial charge in [-0.15, -0.1) is 0 Å². The Kier molecular flexibility index (Phi) is 5.03. The molecule has 0 spiro atoms. The molecule has 0 aliphatic heterocycles. The Morgan fingerprint density at radius 2 is 1.90 bits per heavy atom. The topological polar surface area (TPSA) is 47.3 Å². The number of halogens is 2. The lowest BCUT2D eigenvalue weighted by atomic mass is 9.96. The van der Waals surface area contributed by atoms with E-state index >= 15 is 0 Å². The highest BCUT2D eigenvalue weighted by atomic mass is 19.1. The summed E-state index contributed by atoms with van der Waals surface area (Å²) in [6.07, 6.45) is 1.64. The van der Waals surface area contributed by atoms with Gasteiger partial charge in [-0.05, 0) is 49.4 Å². The number of aromatic nitrogens is 2. The zero-order chi connectivity index (χ0) is 20.5. The van der Waals surface area contributed by atoms with Crippen LogP contribution in [-0.4, -0.2) is 28.4 Å². The van der Waals surface area contributed by atoms with Crippen LogP contribution in [0.5, 0.6) is 5.75 Å². The summed E-state index contributed by atoms with van der Waals surface area (Å²) in [6.45, 7) is 1.95. The van der Waals surface area contributed by atoms with Crippen LogP contribution in [0.15, 0.2) is 54.7 Å². The Morgan fingerprint density at radius 1 is 1.07 bits per heavy atom. The van der Waals surface area contributed by atoms with Gasteiger partial charge in [0.25, 0.3) is 0 Å². The molecule has 0 fully saturated rings. The van der Waals surface area contributed by atoms with E-state index in [2.05, 4.69) is 4.98 Å². The molecular weight excluding hydrogens is 374 g/mol. The van der Waals surface area contributed by atoms with Gasteiger partial charge in [0.05, 0.1) is 19.4 Å². The summed E-state index contributed by atoms with van der Waals surface area (Å²) in [5.41, 5.74) is 3.47. The molecule has 2 aromatic carbocycles. The zero-order valence-corrected chi connectivity index (χ0v) is 16.1. The van der Waals surface area contributed by atoms with E-state index in [0.29, 0.717) is 39.2 Å². The molecule has 0 radical (unpaired) electrons. The van der Waals surface area contributed by atoms with Crippen LogP contribution < -0.4 is 4.74 Å². The second kappa shape index (κ2) is 7.64. The first-order valence-electron chi connectivity index (χ1n) is 9.23. The number of aliphatic hydroxyl groups is 1. The summed E-state index contributed by atoms with van der Waals surface area (Å²) in [5, 5.41) is 10.4. The highest BCUT2D eigenvalue weighted by Gasteiger charge is 2.25. The van der Waals surface area contributed by atoms with Crippen LogP contribution in [0.2, 0.25) is 0 Å². The molecule has 0 amide bonds. The third-order valence-electron chi connectivity index (χ3n) is 4.95. The van der Waals surface area contributed by atoms with Crippen molar-refractivity contribution in [2.75, 3.05) is 13.7 Å². The van der Waals surface area contributed by atoms with E-state index < -0.39 is 5.82 Å². The largest absolute Gasteiger partial charge is 0.496 e. The number of hydrogen-bond donors (Lipinski definition) is 1. The van der Waals surface area contributed by atoms with Gasteiger partial charge in [-0.2, -0.15) is 0 Å². The summed E-state index contributed by atoms with van der Waals surface area (Å²) in [5.74, 6) is -0.382. The molecule has 1 N–H and O–H groups in total. The van der Waals surface area contributed by atoms with Gasteiger partial charge in [-0.1, -0.05) is 11.6 Å². The van der Waals surface area contributed by atoms with Crippen molar-refractivity contribution in [3.63, 3.8) is 0 Å². The van der Waals surface area contributed by atoms with E-state index in [1.807, 2.05) is 13.0 Å². The molecule has 0 bridgehead atoms. The Morgan fingerprint density at radius 3 is 2.66 bits per heavy atom. The lowest BCUT2D eigenvalue weighted by Crippen LogP contribution is -2.06. The van der Waals surface area contributed by atoms with Crippen LogP contribution in [0.4, 0.5) is 8.78 Å². The van der Waals surface area contributed by atoms with Crippen molar-refractivity contribution >= 4 is 11.0 Å². The minimum atomic E-state index is -0.440. The number of methoxy groups -OCH3 is 1. The van der Waals surface area contributed by atoms with Gasteiger partial charge < -0.3 is 14.4 Å². The van der Waals surface area contributed by atoms with E-state index in [9.17, 15) is 13.9 Å². The first kappa shape index (κ1) is 19.1. The summed E-state index contributed by atoms with van der Waals surface area (Å²) >= 11 is 0. The maximum Gasteiger partial charge on any atom is 0.141 e. The third-order valence-corrected chi connectivity index (χ3v) is 4.95. The van der Waals surface area contributed by atoms with Crippen molar-refractivity contribution in [2.45, 2.75) is 13.5 Å². The molecule has 148 valence electrons. The Labute approximate surface area is 167 Å². The fourth-order valence-electron chi connectivity index (χ4n) is 3.74. The van der Waals surface area contributed by atoms with E-state index in [1.54, 1.807) is 29.0 Å². The molecular formula is C23H20F2N2O2. The number of pyridine rings is 1. The average Bonchev–Trinajstić information content (AvgIpc) is 3.04. The quantitative estimate of drug-likeness (QED) is 0.521. The number of ether oxygens (including phenoxy) is 1. The SMILES string of the molecule is COc1ccc(F)cc1-c1c(-c2cc(C)ccc2F)c2cccnc2n1CCO. The lowest BCUT2D eigenvalue weighted by molar-refractivity contribution is 0.278. The van der Waals surface area contributed by atoms with Crippen LogP contribution >= 0.6 is 0 Å². The van der Waals surface area contributed by atoms with Crippen molar-refractivity contribution in [1.29, 1.82) is 0 Å². The molecule has 2 aromatic heterocycles. The smallest absolute Gasteiger partial charge is 0.141 e. The molecule has 0 saturated heterocycles. The highest BCUT2D eigenvalue weighted by Crippen LogP contribution is 2.44. The number of rotatable bonds is 5. The number of aliphatic hydroxyl groups excluding tert-OH is 1. The van der Waals surface area contributed by atoms with Gasteiger partial charge in [0.2, 0.25) is 0 Å². The Bertz CT molecular complexity index is 1200. The molecule has 0 saturated carbocycles. The number of hydrogen-bond acceptors (Lipinski definition) is 3. The molecule has 4 rings (SSSR count). The molecule has 4 nitrogen and oxygen atoms in total. The number of benzene rings is 2. The average molecular weight is 394 g/mol. The second-order valence-electron chi connectivity index (χ2n) is 6.80. The van der Waals surface area contributed by atoms with E-state index in [0.717, 1.165) is 5.56 Å². The third kappa shape index (κ3) is 3.25. The first-order valence-corrected chi connectivity index (χ1v) is 9.23. The van der Waals surface area contributed by atoms with Gasteiger partial charge in [-0.3, -0.25) is 0 Å². The predicted octanol–water partition coefficient (Wildman–Crippen LogP) is 4.96. The van der Waals surface area contributed by atoms with Gasteiger partial charge in [0.15, 0.2) is 0 Å². The van der Waals surface area contributed by atoms with Crippen LogP contribution in [0.3, 0.4) is 0 Å². The summed E-state index contributed by atoms with van der Waals surface area (Å²) in [6, 6.07) is 12.7. The van der Waals surface area contributed by atoms with Crippen LogP contribution in [-0.2, 0) is 6.54 Å². The number of aryl methyl sites for hydroxylation is 1. The van der Waals surface area contributed by atoms with Gasteiger partial charge in [0.1, 0.15) is 23.0 Å². The molecule has 4 aromatic rings. The lowest BCUT2D eigenvalue weighted by Gasteiger charge is -2.15. The molecule has 0 aliphatic carbocycles. The van der Waals surface area contributed by atoms with Gasteiger partial charge in [0, 0.05) is 34.8 Å². The monoisotopic (exact) mass is 394 g/mol. The number of fused-ring (bicyclic) bond motifs is 1. The molecule has 0 unspecified atom stereocenters. The molecule has 2 heterocycles. The van der Waals surface area contributed by atoms with Gasteiger partial charge in [-0.25, -0.2) is 13.8 Å². The Balaban J connectivity index is 2.20. The van der Waals surface area contributed by atoms with Crippen LogP contribution in [0.25, 0.3) is 33.4 Å². The second-order valence-corrected chi connectivity index (χ2v) is 6.80. The summed E-state index contributed by atoms with van der Waals surface area (Å²) in [4.78, 5) is 4.46. The van der Waals surface area contributed by atoms with Crippen molar-refractivity contribution in [3.05, 3.63) is 71.9 Å². The van der Waals surface area contributed by atoms with E-state index in [4.69, 9.17) is 4.74 Å². The minimum Gasteiger partial charge on any atom is -0.496 e. The molecule has 6 heteroatoms. The van der Waals surface area contributed by atoms with Gasteiger partial charge >= 0.3 is 0 Å². The van der Waals surface area contributed by atoms with E-state index in [-0.39, 0.29) is 19.0 Å². The summed E-state index contributed by atoms with van der Waals surface area (Å²) in [7, 11) is 1.50. The highest BCUT2D eigenvalue weighted by molar-refractivity contribution is 6.04. The molecule has 0 atom stereocenters. The van der Waals surface area contributed by atoms with Crippen molar-refractivity contribution in [1.82, 2.24) is 9.55 Å². The molecule has 0 aliphatic rings. The normalized spacial score (nSPS) is 11.2. The first-order chi connectivity index (χ1) is 14.0. The maximum atomic E-state index is 15.0. The van der Waals surface area contributed by atoms with Crippen LogP contribution in [0, 0.1) is 18.6 Å². The summed E-state index contributed by atoms with van der Waals surface area (Å²) < 4.78 is 36.4. The molecule has 29 heavy (non-hydrogen) atoms. The fourth-order valence-corrected chi connectivity index (χ4v) is 3.74. The van der Waals surface area contributed by atoms with Crippen molar-refractivity contribution in [2.24, 2.45) is 0 Å². The van der Waals surface area contributed by atoms with Crippen molar-refractivity contribution < 1.29 is 18.6 Å². The predicted molar refractivity (Wildman–Crippen MR) is 109 cm³/mol. The van der Waals surface area contributed by atoms with Crippen LogP contribution in [0.1, 0.15) is 5.56 Å². The van der Waals surface area contributed by atoms with Crippen molar-refractivity contribution in [3.8, 4) is 28.1 Å². The zero-order valence-electron chi connectivity index (χ0n) is 16.1. The maximum absolute atomic E-state index is 15.0. The Hall–Kier alpha value is -3.25. The van der Waals surface area contributed by atoms with E-state index in [1.165, 1.54) is 31.4 Å². The standard InChI is InChI=1S/C23H20F2N2O2/c1-14-5-7-19(25)17(12-14)21-16-4-3-9-26-23(16)27(10-11-28)22(21)18-13-15(24)6-8-20(18)29-2/h3-9,12-13,28H,10-11H2,1-2H3.